The minimum Gasteiger partial charge on any atom is -0.480 e. The van der Waals surface area contributed by atoms with Crippen molar-refractivity contribution in [3.63, 3.8) is 0 Å². The summed E-state index contributed by atoms with van der Waals surface area (Å²) >= 11 is 0. The Hall–Kier alpha value is -0.610. The maximum Gasteiger partial charge on any atom is 0.320 e. The van der Waals surface area contributed by atoms with Gasteiger partial charge in [0.1, 0.15) is 6.04 Å². The molecule has 0 aromatic rings. The number of ether oxygens (including phenoxy) is 1. The molecular weight excluding hydrogens is 182 g/mol. The van der Waals surface area contributed by atoms with Crippen LogP contribution in [-0.2, 0) is 9.53 Å². The SMILES string of the molecule is COC[C@@H]1CC[C@@H](C(=O)O)N1C(C)C. The molecule has 0 unspecified atom stereocenters. The van der Waals surface area contributed by atoms with Crippen molar-refractivity contribution in [2.24, 2.45) is 0 Å². The van der Waals surface area contributed by atoms with Crippen LogP contribution in [0.15, 0.2) is 0 Å². The third kappa shape index (κ3) is 2.25. The van der Waals surface area contributed by atoms with Crippen LogP contribution in [-0.4, -0.2) is 47.8 Å². The van der Waals surface area contributed by atoms with Gasteiger partial charge in [0.2, 0.25) is 0 Å². The summed E-state index contributed by atoms with van der Waals surface area (Å²) < 4.78 is 5.10. The zero-order chi connectivity index (χ0) is 10.7. The van der Waals surface area contributed by atoms with Gasteiger partial charge in [-0.25, -0.2) is 0 Å². The van der Waals surface area contributed by atoms with Crippen molar-refractivity contribution in [1.29, 1.82) is 0 Å². The van der Waals surface area contributed by atoms with Crippen molar-refractivity contribution in [3.8, 4) is 0 Å². The first kappa shape index (κ1) is 11.5. The second-order valence-corrected chi connectivity index (χ2v) is 4.08. The van der Waals surface area contributed by atoms with Crippen LogP contribution in [0.5, 0.6) is 0 Å². The predicted octanol–water partition coefficient (Wildman–Crippen LogP) is 0.959. The van der Waals surface area contributed by atoms with E-state index in [1.54, 1.807) is 7.11 Å². The smallest absolute Gasteiger partial charge is 0.320 e. The Morgan fingerprint density at radius 3 is 2.64 bits per heavy atom. The number of carboxylic acids is 1. The minimum absolute atomic E-state index is 0.263. The highest BCUT2D eigenvalue weighted by atomic mass is 16.5. The van der Waals surface area contributed by atoms with Gasteiger partial charge in [0.25, 0.3) is 0 Å². The Bertz CT molecular complexity index is 206. The maximum atomic E-state index is 11.0. The largest absolute Gasteiger partial charge is 0.480 e. The average molecular weight is 201 g/mol. The Kier molecular flexibility index (Phi) is 3.89. The Morgan fingerprint density at radius 2 is 2.21 bits per heavy atom. The second kappa shape index (κ2) is 4.75. The number of aliphatic carboxylic acids is 1. The van der Waals surface area contributed by atoms with Gasteiger partial charge in [0.05, 0.1) is 6.61 Å². The average Bonchev–Trinajstić information content (AvgIpc) is 2.48. The molecule has 1 saturated heterocycles. The topological polar surface area (TPSA) is 49.8 Å². The summed E-state index contributed by atoms with van der Waals surface area (Å²) in [6.07, 6.45) is 1.66. The van der Waals surface area contributed by atoms with Gasteiger partial charge in [0.15, 0.2) is 0 Å². The molecule has 1 aliphatic heterocycles. The van der Waals surface area contributed by atoms with Gasteiger partial charge in [-0.15, -0.1) is 0 Å². The summed E-state index contributed by atoms with van der Waals surface area (Å²) in [5.41, 5.74) is 0. The highest BCUT2D eigenvalue weighted by molar-refractivity contribution is 5.74. The normalized spacial score (nSPS) is 28.6. The molecule has 0 aromatic heterocycles. The van der Waals surface area contributed by atoms with Crippen LogP contribution in [0.1, 0.15) is 26.7 Å². The van der Waals surface area contributed by atoms with Gasteiger partial charge in [-0.3, -0.25) is 9.69 Å². The lowest BCUT2D eigenvalue weighted by molar-refractivity contribution is -0.143. The Morgan fingerprint density at radius 1 is 1.57 bits per heavy atom. The molecule has 0 amide bonds. The number of carbonyl (C=O) groups is 1. The molecule has 0 aromatic carbocycles. The predicted molar refractivity (Wildman–Crippen MR) is 53.3 cm³/mol. The molecule has 4 nitrogen and oxygen atoms in total. The van der Waals surface area contributed by atoms with E-state index < -0.39 is 5.97 Å². The van der Waals surface area contributed by atoms with Gasteiger partial charge in [-0.1, -0.05) is 0 Å². The maximum absolute atomic E-state index is 11.0. The lowest BCUT2D eigenvalue weighted by atomic mass is 10.2. The summed E-state index contributed by atoms with van der Waals surface area (Å²) in [7, 11) is 1.66. The van der Waals surface area contributed by atoms with Crippen molar-refractivity contribution >= 4 is 5.97 Å². The molecule has 1 fully saturated rings. The minimum atomic E-state index is -0.711. The summed E-state index contributed by atoms with van der Waals surface area (Å²) in [5, 5.41) is 9.04. The second-order valence-electron chi connectivity index (χ2n) is 4.08. The molecule has 0 spiro atoms. The van der Waals surface area contributed by atoms with E-state index in [9.17, 15) is 4.79 Å². The first-order chi connectivity index (χ1) is 6.57. The van der Waals surface area contributed by atoms with Crippen LogP contribution in [0.2, 0.25) is 0 Å². The van der Waals surface area contributed by atoms with E-state index in [4.69, 9.17) is 9.84 Å². The summed E-state index contributed by atoms with van der Waals surface area (Å²) in [6, 6.07) is 0.204. The molecule has 0 aliphatic carbocycles. The fourth-order valence-corrected chi connectivity index (χ4v) is 2.30. The van der Waals surface area contributed by atoms with E-state index in [0.29, 0.717) is 6.61 Å². The summed E-state index contributed by atoms with van der Waals surface area (Å²) in [5.74, 6) is -0.711. The van der Waals surface area contributed by atoms with Crippen LogP contribution in [0.4, 0.5) is 0 Å². The monoisotopic (exact) mass is 201 g/mol. The van der Waals surface area contributed by atoms with Gasteiger partial charge < -0.3 is 9.84 Å². The van der Waals surface area contributed by atoms with Crippen molar-refractivity contribution in [2.45, 2.75) is 44.8 Å². The Labute approximate surface area is 84.8 Å². The molecule has 1 rings (SSSR count). The molecule has 82 valence electrons. The molecule has 0 saturated carbocycles. The first-order valence-electron chi connectivity index (χ1n) is 5.07. The van der Waals surface area contributed by atoms with E-state index in [0.717, 1.165) is 12.8 Å². The van der Waals surface area contributed by atoms with Crippen LogP contribution >= 0.6 is 0 Å². The Balaban J connectivity index is 2.69. The molecular formula is C10H19NO3. The molecule has 0 radical (unpaired) electrons. The molecule has 0 bridgehead atoms. The first-order valence-corrected chi connectivity index (χ1v) is 5.07. The summed E-state index contributed by atoms with van der Waals surface area (Å²) in [6.45, 7) is 4.69. The van der Waals surface area contributed by atoms with Crippen LogP contribution in [0.25, 0.3) is 0 Å². The number of hydrogen-bond donors (Lipinski definition) is 1. The van der Waals surface area contributed by atoms with E-state index in [-0.39, 0.29) is 18.1 Å². The van der Waals surface area contributed by atoms with Crippen molar-refractivity contribution in [1.82, 2.24) is 4.90 Å². The van der Waals surface area contributed by atoms with Crippen molar-refractivity contribution < 1.29 is 14.6 Å². The lowest BCUT2D eigenvalue weighted by Crippen LogP contribution is -2.46. The quantitative estimate of drug-likeness (QED) is 0.736. The molecule has 2 atom stereocenters. The molecule has 4 heteroatoms. The van der Waals surface area contributed by atoms with Crippen LogP contribution in [0.3, 0.4) is 0 Å². The molecule has 1 aliphatic rings. The molecule has 1 heterocycles. The van der Waals surface area contributed by atoms with Gasteiger partial charge in [-0.05, 0) is 26.7 Å². The van der Waals surface area contributed by atoms with Crippen LogP contribution < -0.4 is 0 Å². The number of likely N-dealkylation sites (tertiary alicyclic amines) is 1. The van der Waals surface area contributed by atoms with E-state index in [1.165, 1.54) is 0 Å². The molecule has 14 heavy (non-hydrogen) atoms. The van der Waals surface area contributed by atoms with Gasteiger partial charge in [-0.2, -0.15) is 0 Å². The molecule has 1 N–H and O–H groups in total. The highest BCUT2D eigenvalue weighted by Gasteiger charge is 2.38. The zero-order valence-electron chi connectivity index (χ0n) is 9.06. The van der Waals surface area contributed by atoms with Gasteiger partial charge >= 0.3 is 5.97 Å². The number of hydrogen-bond acceptors (Lipinski definition) is 3. The number of carboxylic acid groups (broad SMARTS) is 1. The standard InChI is InChI=1S/C10H19NO3/c1-7(2)11-8(6-14-3)4-5-9(11)10(12)13/h7-9H,4-6H2,1-3H3,(H,12,13)/t8-,9-/m0/s1. The number of rotatable bonds is 4. The van der Waals surface area contributed by atoms with E-state index in [2.05, 4.69) is 0 Å². The fraction of sp³-hybridized carbons (Fsp3) is 0.900. The number of nitrogens with zero attached hydrogens (tertiary/aromatic N) is 1. The van der Waals surface area contributed by atoms with Crippen LogP contribution in [0, 0.1) is 0 Å². The third-order valence-corrected chi connectivity index (χ3v) is 2.80. The fourth-order valence-electron chi connectivity index (χ4n) is 2.30. The third-order valence-electron chi connectivity index (χ3n) is 2.80. The zero-order valence-corrected chi connectivity index (χ0v) is 9.06. The highest BCUT2D eigenvalue weighted by Crippen LogP contribution is 2.26. The number of methoxy groups -OCH3 is 1. The van der Waals surface area contributed by atoms with E-state index >= 15 is 0 Å². The van der Waals surface area contributed by atoms with Crippen molar-refractivity contribution in [3.05, 3.63) is 0 Å². The summed E-state index contributed by atoms with van der Waals surface area (Å²) in [4.78, 5) is 13.0. The van der Waals surface area contributed by atoms with Crippen molar-refractivity contribution in [2.75, 3.05) is 13.7 Å². The van der Waals surface area contributed by atoms with Gasteiger partial charge in [0, 0.05) is 19.2 Å². The lowest BCUT2D eigenvalue weighted by Gasteiger charge is -2.31. The van der Waals surface area contributed by atoms with E-state index in [1.807, 2.05) is 18.7 Å².